The molecule has 98 valence electrons. The Hall–Kier alpha value is -1.01. The molecule has 0 aliphatic carbocycles. The molecular formula is C10H12ClF4NO. The largest absolute Gasteiger partial charge is 0.435 e. The lowest BCUT2D eigenvalue weighted by atomic mass is 10.1. The molecular weight excluding hydrogens is 262 g/mol. The summed E-state index contributed by atoms with van der Waals surface area (Å²) in [5.74, 6) is -0.0250. The standard InChI is InChI=1S/C10H11F4NO.ClH/c11-9(12)5-8(15)6-1-3-7(4-2-6)16-10(13)14;/h1-4,8-10H,5,15H2;1H/t8-;/m1./s1. The van der Waals surface area contributed by atoms with Crippen LogP contribution in [0.4, 0.5) is 17.6 Å². The van der Waals surface area contributed by atoms with E-state index in [1.807, 2.05) is 0 Å². The number of halogens is 5. The fraction of sp³-hybridized carbons (Fsp3) is 0.400. The van der Waals surface area contributed by atoms with Crippen LogP contribution in [0.1, 0.15) is 18.0 Å². The minimum Gasteiger partial charge on any atom is -0.435 e. The highest BCUT2D eigenvalue weighted by Gasteiger charge is 2.13. The van der Waals surface area contributed by atoms with Crippen LogP contribution in [0.15, 0.2) is 24.3 Å². The van der Waals surface area contributed by atoms with Gasteiger partial charge in [-0.05, 0) is 17.7 Å². The van der Waals surface area contributed by atoms with Crippen LogP contribution in [0.2, 0.25) is 0 Å². The first-order valence-electron chi connectivity index (χ1n) is 4.57. The van der Waals surface area contributed by atoms with Crippen molar-refractivity contribution in [3.8, 4) is 5.75 Å². The van der Waals surface area contributed by atoms with Crippen LogP contribution in [0, 0.1) is 0 Å². The predicted octanol–water partition coefficient (Wildman–Crippen LogP) is 3.36. The van der Waals surface area contributed by atoms with Gasteiger partial charge in [0.2, 0.25) is 6.43 Å². The number of rotatable bonds is 5. The van der Waals surface area contributed by atoms with E-state index in [0.717, 1.165) is 0 Å². The number of ether oxygens (including phenoxy) is 1. The maximum atomic E-state index is 12.0. The molecule has 1 aromatic rings. The molecule has 17 heavy (non-hydrogen) atoms. The smallest absolute Gasteiger partial charge is 0.387 e. The van der Waals surface area contributed by atoms with Gasteiger partial charge in [0.05, 0.1) is 0 Å². The van der Waals surface area contributed by atoms with Crippen molar-refractivity contribution < 1.29 is 22.3 Å². The van der Waals surface area contributed by atoms with Gasteiger partial charge in [-0.3, -0.25) is 0 Å². The Morgan fingerprint density at radius 2 is 1.59 bits per heavy atom. The van der Waals surface area contributed by atoms with Crippen molar-refractivity contribution in [2.75, 3.05) is 0 Å². The van der Waals surface area contributed by atoms with E-state index in [-0.39, 0.29) is 18.2 Å². The van der Waals surface area contributed by atoms with Gasteiger partial charge in [-0.1, -0.05) is 12.1 Å². The minimum absolute atomic E-state index is 0. The van der Waals surface area contributed by atoms with Gasteiger partial charge < -0.3 is 10.5 Å². The van der Waals surface area contributed by atoms with Crippen LogP contribution in [-0.2, 0) is 0 Å². The summed E-state index contributed by atoms with van der Waals surface area (Å²) in [6, 6.07) is 4.52. The summed E-state index contributed by atoms with van der Waals surface area (Å²) < 4.78 is 51.8. The van der Waals surface area contributed by atoms with Gasteiger partial charge in [0.1, 0.15) is 5.75 Å². The molecule has 0 fully saturated rings. The van der Waals surface area contributed by atoms with Crippen molar-refractivity contribution in [1.82, 2.24) is 0 Å². The molecule has 2 nitrogen and oxygen atoms in total. The number of hydrogen-bond acceptors (Lipinski definition) is 2. The van der Waals surface area contributed by atoms with Crippen LogP contribution in [-0.4, -0.2) is 13.0 Å². The molecule has 0 amide bonds. The highest BCUT2D eigenvalue weighted by Crippen LogP contribution is 2.21. The van der Waals surface area contributed by atoms with Crippen molar-refractivity contribution in [3.63, 3.8) is 0 Å². The lowest BCUT2D eigenvalue weighted by Gasteiger charge is -2.12. The highest BCUT2D eigenvalue weighted by molar-refractivity contribution is 5.85. The average molecular weight is 274 g/mol. The van der Waals surface area contributed by atoms with Crippen molar-refractivity contribution in [3.05, 3.63) is 29.8 Å². The average Bonchev–Trinajstić information content (AvgIpc) is 2.16. The van der Waals surface area contributed by atoms with Gasteiger partial charge in [-0.15, -0.1) is 12.4 Å². The lowest BCUT2D eigenvalue weighted by molar-refractivity contribution is -0.0498. The first kappa shape index (κ1) is 16.0. The molecule has 0 unspecified atom stereocenters. The van der Waals surface area contributed by atoms with Gasteiger partial charge in [0.15, 0.2) is 0 Å². The second-order valence-electron chi connectivity index (χ2n) is 3.18. The molecule has 0 aliphatic rings. The summed E-state index contributed by atoms with van der Waals surface area (Å²) in [5, 5.41) is 0. The molecule has 2 N–H and O–H groups in total. The van der Waals surface area contributed by atoms with E-state index in [2.05, 4.69) is 4.74 Å². The molecule has 0 saturated carbocycles. The van der Waals surface area contributed by atoms with Crippen molar-refractivity contribution in [2.45, 2.75) is 25.5 Å². The SMILES string of the molecule is Cl.N[C@H](CC(F)F)c1ccc(OC(F)F)cc1. The second-order valence-corrected chi connectivity index (χ2v) is 3.18. The quantitative estimate of drug-likeness (QED) is 0.835. The zero-order valence-corrected chi connectivity index (χ0v) is 9.47. The summed E-state index contributed by atoms with van der Waals surface area (Å²) in [6.45, 7) is -2.90. The van der Waals surface area contributed by atoms with E-state index in [0.29, 0.717) is 5.56 Å². The number of hydrogen-bond donors (Lipinski definition) is 1. The molecule has 0 aliphatic heterocycles. The maximum absolute atomic E-state index is 12.0. The minimum atomic E-state index is -2.90. The molecule has 1 rings (SSSR count). The van der Waals surface area contributed by atoms with Crippen molar-refractivity contribution >= 4 is 12.4 Å². The van der Waals surface area contributed by atoms with Gasteiger partial charge in [0, 0.05) is 12.5 Å². The fourth-order valence-corrected chi connectivity index (χ4v) is 1.22. The normalized spacial score (nSPS) is 12.4. The van der Waals surface area contributed by atoms with Crippen molar-refractivity contribution in [1.29, 1.82) is 0 Å². The monoisotopic (exact) mass is 273 g/mol. The van der Waals surface area contributed by atoms with Gasteiger partial charge in [-0.25, -0.2) is 8.78 Å². The van der Waals surface area contributed by atoms with E-state index >= 15 is 0 Å². The third-order valence-electron chi connectivity index (χ3n) is 1.97. The lowest BCUT2D eigenvalue weighted by Crippen LogP contribution is -2.13. The first-order chi connectivity index (χ1) is 7.49. The Bertz CT molecular complexity index is 321. The molecule has 0 spiro atoms. The van der Waals surface area contributed by atoms with Crippen LogP contribution in [0.3, 0.4) is 0 Å². The zero-order chi connectivity index (χ0) is 12.1. The second kappa shape index (κ2) is 7.34. The van der Waals surface area contributed by atoms with E-state index in [1.165, 1.54) is 24.3 Å². The molecule has 0 aromatic heterocycles. The van der Waals surface area contributed by atoms with Crippen LogP contribution in [0.25, 0.3) is 0 Å². The van der Waals surface area contributed by atoms with E-state index in [1.54, 1.807) is 0 Å². The van der Waals surface area contributed by atoms with Gasteiger partial charge >= 0.3 is 6.61 Å². The summed E-state index contributed by atoms with van der Waals surface area (Å²) >= 11 is 0. The third-order valence-corrected chi connectivity index (χ3v) is 1.97. The number of alkyl halides is 4. The van der Waals surface area contributed by atoms with Crippen LogP contribution >= 0.6 is 12.4 Å². The Kier molecular flexibility index (Phi) is 6.91. The summed E-state index contributed by atoms with van der Waals surface area (Å²) in [7, 11) is 0. The van der Waals surface area contributed by atoms with E-state index < -0.39 is 25.5 Å². The van der Waals surface area contributed by atoms with Gasteiger partial charge in [-0.2, -0.15) is 8.78 Å². The molecule has 1 aromatic carbocycles. The third kappa shape index (κ3) is 5.74. The molecule has 7 heteroatoms. The molecule has 0 saturated heterocycles. The Balaban J connectivity index is 0.00000256. The van der Waals surface area contributed by atoms with Gasteiger partial charge in [0.25, 0.3) is 0 Å². The Morgan fingerprint density at radius 3 is 2.00 bits per heavy atom. The first-order valence-corrected chi connectivity index (χ1v) is 4.57. The number of nitrogens with two attached hydrogens (primary N) is 1. The predicted molar refractivity (Wildman–Crippen MR) is 57.9 cm³/mol. The zero-order valence-electron chi connectivity index (χ0n) is 8.65. The van der Waals surface area contributed by atoms with E-state index in [9.17, 15) is 17.6 Å². The Labute approximate surface area is 102 Å². The molecule has 0 bridgehead atoms. The molecule has 0 radical (unpaired) electrons. The molecule has 0 heterocycles. The Morgan fingerprint density at radius 1 is 1.06 bits per heavy atom. The summed E-state index contributed by atoms with van der Waals surface area (Å²) in [6.07, 6.45) is -2.96. The maximum Gasteiger partial charge on any atom is 0.387 e. The highest BCUT2D eigenvalue weighted by atomic mass is 35.5. The van der Waals surface area contributed by atoms with Crippen LogP contribution < -0.4 is 10.5 Å². The van der Waals surface area contributed by atoms with Crippen molar-refractivity contribution in [2.24, 2.45) is 5.73 Å². The summed E-state index contributed by atoms with van der Waals surface area (Å²) in [5.41, 5.74) is 5.94. The van der Waals surface area contributed by atoms with Crippen LogP contribution in [0.5, 0.6) is 5.75 Å². The topological polar surface area (TPSA) is 35.2 Å². The van der Waals surface area contributed by atoms with E-state index in [4.69, 9.17) is 5.73 Å². The fourth-order valence-electron chi connectivity index (χ4n) is 1.22. The summed E-state index contributed by atoms with van der Waals surface area (Å²) in [4.78, 5) is 0. The number of benzene rings is 1. The molecule has 1 atom stereocenters.